The Hall–Kier alpha value is -2.87. The van der Waals surface area contributed by atoms with Gasteiger partial charge in [-0.3, -0.25) is 0 Å². The zero-order valence-corrected chi connectivity index (χ0v) is 14.6. The third-order valence-electron chi connectivity index (χ3n) is 5.07. The maximum Gasteiger partial charge on any atom is 0.218 e. The Kier molecular flexibility index (Phi) is 3.08. The molecule has 0 spiro atoms. The number of benzene rings is 2. The van der Waals surface area contributed by atoms with Crippen molar-refractivity contribution in [3.8, 4) is 0 Å². The molecule has 0 aliphatic rings. The second-order valence-corrected chi connectivity index (χ2v) is 7.29. The van der Waals surface area contributed by atoms with Crippen molar-refractivity contribution in [2.75, 3.05) is 0 Å². The van der Waals surface area contributed by atoms with E-state index in [0.717, 1.165) is 6.54 Å². The molecular formula is C23H21N2+. The molecular weight excluding hydrogens is 304 g/mol. The third-order valence-corrected chi connectivity index (χ3v) is 5.07. The Morgan fingerprint density at radius 2 is 1.64 bits per heavy atom. The number of fused-ring (bicyclic) bond motifs is 6. The van der Waals surface area contributed by atoms with Crippen molar-refractivity contribution in [1.82, 2.24) is 4.57 Å². The highest BCUT2D eigenvalue weighted by Crippen LogP contribution is 2.33. The molecule has 0 unspecified atom stereocenters. The molecule has 3 aromatic heterocycles. The lowest BCUT2D eigenvalue weighted by atomic mass is 10.1. The first-order valence-corrected chi connectivity index (χ1v) is 8.96. The maximum absolute atomic E-state index is 2.48. The van der Waals surface area contributed by atoms with Crippen LogP contribution >= 0.6 is 0 Å². The Labute approximate surface area is 146 Å². The molecule has 3 heterocycles. The number of hydrogen-bond acceptors (Lipinski definition) is 0. The van der Waals surface area contributed by atoms with Crippen LogP contribution in [0.1, 0.15) is 13.8 Å². The smallest absolute Gasteiger partial charge is 0.218 e. The van der Waals surface area contributed by atoms with Crippen LogP contribution in [0.3, 0.4) is 0 Å². The van der Waals surface area contributed by atoms with E-state index in [1.54, 1.807) is 0 Å². The largest absolute Gasteiger partial charge is 0.340 e. The third kappa shape index (κ3) is 2.14. The lowest BCUT2D eigenvalue weighted by molar-refractivity contribution is -0.510. The predicted molar refractivity (Wildman–Crippen MR) is 105 cm³/mol. The van der Waals surface area contributed by atoms with E-state index in [1.165, 1.54) is 38.1 Å². The van der Waals surface area contributed by atoms with Crippen LogP contribution in [-0.4, -0.2) is 4.57 Å². The Morgan fingerprint density at radius 1 is 0.800 bits per heavy atom. The van der Waals surface area contributed by atoms with Crippen molar-refractivity contribution in [2.24, 2.45) is 5.92 Å². The molecule has 0 bridgehead atoms. The molecule has 25 heavy (non-hydrogen) atoms. The maximum atomic E-state index is 2.48. The lowest BCUT2D eigenvalue weighted by Crippen LogP contribution is -2.19. The summed E-state index contributed by atoms with van der Waals surface area (Å²) in [5.74, 6) is 0.613. The molecule has 0 aliphatic carbocycles. The van der Waals surface area contributed by atoms with Crippen LogP contribution in [-0.2, 0) is 6.54 Å². The molecule has 0 amide bonds. The number of rotatable bonds is 2. The molecule has 0 N–H and O–H groups in total. The summed E-state index contributed by atoms with van der Waals surface area (Å²) in [6.45, 7) is 5.61. The molecule has 0 radical (unpaired) electrons. The van der Waals surface area contributed by atoms with Gasteiger partial charge in [-0.15, -0.1) is 0 Å². The van der Waals surface area contributed by atoms with Crippen molar-refractivity contribution >= 4 is 38.1 Å². The number of hydrogen-bond donors (Lipinski definition) is 0. The summed E-state index contributed by atoms with van der Waals surface area (Å²) in [5, 5.41) is 5.30. The van der Waals surface area contributed by atoms with Crippen LogP contribution in [0.4, 0.5) is 0 Å². The summed E-state index contributed by atoms with van der Waals surface area (Å²) >= 11 is 0. The van der Waals surface area contributed by atoms with Crippen LogP contribution in [0.15, 0.2) is 73.1 Å². The second-order valence-electron chi connectivity index (χ2n) is 7.29. The molecule has 0 saturated carbocycles. The molecule has 5 rings (SSSR count). The van der Waals surface area contributed by atoms with Gasteiger partial charge in [0.1, 0.15) is 0 Å². The van der Waals surface area contributed by atoms with E-state index in [1.807, 2.05) is 0 Å². The van der Waals surface area contributed by atoms with E-state index in [9.17, 15) is 0 Å². The summed E-state index contributed by atoms with van der Waals surface area (Å²) < 4.78 is 4.68. The van der Waals surface area contributed by atoms with Crippen molar-refractivity contribution in [3.05, 3.63) is 73.1 Å². The van der Waals surface area contributed by atoms with Gasteiger partial charge in [0.2, 0.25) is 5.52 Å². The van der Waals surface area contributed by atoms with Crippen molar-refractivity contribution in [2.45, 2.75) is 20.4 Å². The molecule has 5 aromatic rings. The van der Waals surface area contributed by atoms with E-state index >= 15 is 0 Å². The highest BCUT2D eigenvalue weighted by molar-refractivity contribution is 6.14. The minimum Gasteiger partial charge on any atom is -0.340 e. The fourth-order valence-corrected chi connectivity index (χ4v) is 4.01. The average molecular weight is 325 g/mol. The van der Waals surface area contributed by atoms with Crippen LogP contribution in [0.2, 0.25) is 0 Å². The van der Waals surface area contributed by atoms with Gasteiger partial charge in [0.15, 0.2) is 12.4 Å². The minimum absolute atomic E-state index is 0.613. The molecule has 2 aromatic carbocycles. The molecule has 2 heteroatoms. The van der Waals surface area contributed by atoms with Gasteiger partial charge in [0, 0.05) is 46.5 Å². The van der Waals surface area contributed by atoms with E-state index in [-0.39, 0.29) is 0 Å². The van der Waals surface area contributed by atoms with Gasteiger partial charge in [0.25, 0.3) is 0 Å². The van der Waals surface area contributed by atoms with Crippen molar-refractivity contribution in [3.63, 3.8) is 0 Å². The molecule has 0 fully saturated rings. The molecule has 0 atom stereocenters. The second kappa shape index (κ2) is 5.32. The first kappa shape index (κ1) is 14.5. The van der Waals surface area contributed by atoms with Gasteiger partial charge < -0.3 is 4.57 Å². The van der Waals surface area contributed by atoms with Crippen LogP contribution in [0.5, 0.6) is 0 Å². The number of pyridine rings is 2. The summed E-state index contributed by atoms with van der Waals surface area (Å²) in [6, 6.07) is 22.1. The van der Waals surface area contributed by atoms with Crippen LogP contribution in [0, 0.1) is 5.92 Å². The first-order valence-electron chi connectivity index (χ1n) is 8.96. The van der Waals surface area contributed by atoms with Gasteiger partial charge in [0.05, 0.1) is 5.39 Å². The SMILES string of the molecule is CC(C)Cn1c2ccccc2c2cc3c(cc[n+]4ccccc34)cc21. The lowest BCUT2D eigenvalue weighted by Gasteiger charge is -2.10. The van der Waals surface area contributed by atoms with E-state index in [2.05, 4.69) is 95.9 Å². The van der Waals surface area contributed by atoms with Crippen LogP contribution in [0.25, 0.3) is 38.1 Å². The molecule has 122 valence electrons. The summed E-state index contributed by atoms with van der Waals surface area (Å²) in [4.78, 5) is 0. The fourth-order valence-electron chi connectivity index (χ4n) is 4.01. The topological polar surface area (TPSA) is 9.03 Å². The van der Waals surface area contributed by atoms with Crippen molar-refractivity contribution < 1.29 is 4.40 Å². The highest BCUT2D eigenvalue weighted by atomic mass is 15.0. The predicted octanol–water partition coefficient (Wildman–Crippen LogP) is 5.34. The van der Waals surface area contributed by atoms with Gasteiger partial charge in [-0.25, -0.2) is 0 Å². The fraction of sp³-hybridized carbons (Fsp3) is 0.174. The molecule has 2 nitrogen and oxygen atoms in total. The summed E-state index contributed by atoms with van der Waals surface area (Å²) in [5.41, 5.74) is 3.92. The minimum atomic E-state index is 0.613. The summed E-state index contributed by atoms with van der Waals surface area (Å²) in [6.07, 6.45) is 4.26. The van der Waals surface area contributed by atoms with Gasteiger partial charge >= 0.3 is 0 Å². The number of para-hydroxylation sites is 1. The monoisotopic (exact) mass is 325 g/mol. The Bertz CT molecular complexity index is 1240. The van der Waals surface area contributed by atoms with E-state index < -0.39 is 0 Å². The zero-order valence-electron chi connectivity index (χ0n) is 14.6. The highest BCUT2D eigenvalue weighted by Gasteiger charge is 2.15. The standard InChI is InChI=1S/C23H21N2/c1-16(2)15-25-22-9-4-3-7-18(22)20-14-19-17(13-23(20)25)10-12-24-11-6-5-8-21(19)24/h3-14,16H,15H2,1-2H3/q+1. The number of aromatic nitrogens is 2. The number of nitrogens with zero attached hydrogens (tertiary/aromatic N) is 2. The quantitative estimate of drug-likeness (QED) is 0.306. The Morgan fingerprint density at radius 3 is 2.52 bits per heavy atom. The molecule has 0 aliphatic heterocycles. The van der Waals surface area contributed by atoms with E-state index in [0.29, 0.717) is 5.92 Å². The molecule has 0 saturated heterocycles. The Balaban J connectivity index is 1.97. The van der Waals surface area contributed by atoms with Crippen molar-refractivity contribution in [1.29, 1.82) is 0 Å². The van der Waals surface area contributed by atoms with Crippen LogP contribution < -0.4 is 4.40 Å². The van der Waals surface area contributed by atoms with Gasteiger partial charge in [-0.05, 0) is 35.6 Å². The van der Waals surface area contributed by atoms with Gasteiger partial charge in [-0.2, -0.15) is 4.40 Å². The summed E-state index contributed by atoms with van der Waals surface area (Å²) in [7, 11) is 0. The zero-order chi connectivity index (χ0) is 17.0. The normalized spacial score (nSPS) is 12.1. The van der Waals surface area contributed by atoms with Gasteiger partial charge in [-0.1, -0.05) is 32.0 Å². The first-order chi connectivity index (χ1) is 12.2. The average Bonchev–Trinajstić information content (AvgIpc) is 2.93. The van der Waals surface area contributed by atoms with E-state index in [4.69, 9.17) is 0 Å².